The van der Waals surface area contributed by atoms with Crippen molar-refractivity contribution in [3.8, 4) is 0 Å². The van der Waals surface area contributed by atoms with E-state index in [0.29, 0.717) is 28.1 Å². The molecule has 1 amide bonds. The molecule has 0 saturated heterocycles. The Labute approximate surface area is 151 Å². The van der Waals surface area contributed by atoms with Crippen LogP contribution in [0.25, 0.3) is 10.9 Å². The summed E-state index contributed by atoms with van der Waals surface area (Å²) in [6.45, 7) is 0. The molecule has 0 bridgehead atoms. The second-order valence-electron chi connectivity index (χ2n) is 5.80. The first-order valence-electron chi connectivity index (χ1n) is 7.85. The number of aromatic nitrogens is 2. The van der Waals surface area contributed by atoms with Gasteiger partial charge in [-0.05, 0) is 42.0 Å². The van der Waals surface area contributed by atoms with Gasteiger partial charge < -0.3 is 4.98 Å². The van der Waals surface area contributed by atoms with Gasteiger partial charge in [0.05, 0.1) is 0 Å². The van der Waals surface area contributed by atoms with Crippen molar-refractivity contribution in [2.24, 2.45) is 0 Å². The number of hydrogen-bond acceptors (Lipinski definition) is 3. The fourth-order valence-corrected chi connectivity index (χ4v) is 3.48. The lowest BCUT2D eigenvalue weighted by Crippen LogP contribution is -2.11. The Hall–Kier alpha value is -3.06. The molecule has 2 N–H and O–H groups in total. The van der Waals surface area contributed by atoms with Gasteiger partial charge in [-0.15, -0.1) is 11.3 Å². The highest BCUT2D eigenvalue weighted by molar-refractivity contribution is 7.15. The van der Waals surface area contributed by atoms with E-state index in [-0.39, 0.29) is 17.5 Å². The van der Waals surface area contributed by atoms with Crippen molar-refractivity contribution in [3.63, 3.8) is 0 Å². The standard InChI is InChI=1S/C19H13F2N3OS/c20-13-3-1-11(2-4-13)7-15-10-22-19(26-15)24-18(25)17-9-12-8-14(21)5-6-16(12)23-17/h1-6,8-10,23H,7H2,(H,22,24,25). The highest BCUT2D eigenvalue weighted by Gasteiger charge is 2.12. The van der Waals surface area contributed by atoms with Gasteiger partial charge in [0.1, 0.15) is 17.3 Å². The van der Waals surface area contributed by atoms with E-state index in [9.17, 15) is 13.6 Å². The smallest absolute Gasteiger partial charge is 0.273 e. The molecule has 2 heterocycles. The first kappa shape index (κ1) is 16.4. The van der Waals surface area contributed by atoms with Crippen molar-refractivity contribution in [2.75, 3.05) is 5.32 Å². The molecular formula is C19H13F2N3OS. The molecule has 0 aliphatic heterocycles. The van der Waals surface area contributed by atoms with Gasteiger partial charge in [0.25, 0.3) is 5.91 Å². The van der Waals surface area contributed by atoms with Crippen LogP contribution < -0.4 is 5.32 Å². The van der Waals surface area contributed by atoms with Crippen molar-refractivity contribution >= 4 is 33.3 Å². The molecule has 0 aliphatic carbocycles. The summed E-state index contributed by atoms with van der Waals surface area (Å²) < 4.78 is 26.2. The van der Waals surface area contributed by atoms with E-state index in [2.05, 4.69) is 15.3 Å². The zero-order valence-corrected chi connectivity index (χ0v) is 14.2. The van der Waals surface area contributed by atoms with Crippen LogP contribution in [0, 0.1) is 11.6 Å². The average Bonchev–Trinajstić information content (AvgIpc) is 3.23. The number of H-pyrrole nitrogens is 1. The molecular weight excluding hydrogens is 356 g/mol. The van der Waals surface area contributed by atoms with Crippen molar-refractivity contribution in [3.05, 3.63) is 82.5 Å². The van der Waals surface area contributed by atoms with E-state index < -0.39 is 0 Å². The van der Waals surface area contributed by atoms with Gasteiger partial charge in [-0.3, -0.25) is 10.1 Å². The number of carbonyl (C=O) groups excluding carboxylic acids is 1. The van der Waals surface area contributed by atoms with Crippen LogP contribution in [-0.2, 0) is 6.42 Å². The molecule has 0 saturated carbocycles. The number of thiazole rings is 1. The predicted molar refractivity (Wildman–Crippen MR) is 97.5 cm³/mol. The van der Waals surface area contributed by atoms with E-state index in [1.54, 1.807) is 30.5 Å². The number of nitrogens with one attached hydrogen (secondary N) is 2. The minimum Gasteiger partial charge on any atom is -0.351 e. The third-order valence-electron chi connectivity index (χ3n) is 3.89. The van der Waals surface area contributed by atoms with Crippen LogP contribution in [-0.4, -0.2) is 15.9 Å². The van der Waals surface area contributed by atoms with Gasteiger partial charge >= 0.3 is 0 Å². The van der Waals surface area contributed by atoms with Crippen LogP contribution in [0.15, 0.2) is 54.7 Å². The van der Waals surface area contributed by atoms with Crippen molar-refractivity contribution in [1.82, 2.24) is 9.97 Å². The third kappa shape index (κ3) is 3.48. The summed E-state index contributed by atoms with van der Waals surface area (Å²) in [5, 5.41) is 3.83. The molecule has 2 aromatic carbocycles. The number of amides is 1. The third-order valence-corrected chi connectivity index (χ3v) is 4.81. The highest BCUT2D eigenvalue weighted by atomic mass is 32.1. The fraction of sp³-hybridized carbons (Fsp3) is 0.0526. The minimum atomic E-state index is -0.353. The Morgan fingerprint density at radius 3 is 2.65 bits per heavy atom. The molecule has 2 aromatic heterocycles. The summed E-state index contributed by atoms with van der Waals surface area (Å²) in [6, 6.07) is 12.2. The largest absolute Gasteiger partial charge is 0.351 e. The predicted octanol–water partition coefficient (Wildman–Crippen LogP) is 4.75. The average molecular weight is 369 g/mol. The molecule has 0 atom stereocenters. The Bertz CT molecular complexity index is 1090. The van der Waals surface area contributed by atoms with E-state index in [0.717, 1.165) is 10.4 Å². The zero-order valence-electron chi connectivity index (χ0n) is 13.4. The lowest BCUT2D eigenvalue weighted by molar-refractivity contribution is 0.102. The fourth-order valence-electron chi connectivity index (χ4n) is 2.64. The number of nitrogens with zero attached hydrogens (tertiary/aromatic N) is 1. The molecule has 0 radical (unpaired) electrons. The van der Waals surface area contributed by atoms with Gasteiger partial charge in [0, 0.05) is 28.4 Å². The Kier molecular flexibility index (Phi) is 4.22. The van der Waals surface area contributed by atoms with Crippen molar-refractivity contribution in [2.45, 2.75) is 6.42 Å². The van der Waals surface area contributed by atoms with Crippen LogP contribution >= 0.6 is 11.3 Å². The molecule has 0 spiro atoms. The number of fused-ring (bicyclic) bond motifs is 1. The number of carbonyl (C=O) groups is 1. The van der Waals surface area contributed by atoms with Crippen molar-refractivity contribution in [1.29, 1.82) is 0 Å². The molecule has 4 rings (SSSR count). The summed E-state index contributed by atoms with van der Waals surface area (Å²) in [4.78, 5) is 20.5. The van der Waals surface area contributed by atoms with E-state index >= 15 is 0 Å². The molecule has 0 fully saturated rings. The lowest BCUT2D eigenvalue weighted by atomic mass is 10.1. The topological polar surface area (TPSA) is 57.8 Å². The molecule has 130 valence electrons. The van der Waals surface area contributed by atoms with Crippen LogP contribution in [0.4, 0.5) is 13.9 Å². The maximum absolute atomic E-state index is 13.3. The maximum atomic E-state index is 13.3. The minimum absolute atomic E-state index is 0.274. The van der Waals surface area contributed by atoms with Gasteiger partial charge in [-0.25, -0.2) is 13.8 Å². The SMILES string of the molecule is O=C(Nc1ncc(Cc2ccc(F)cc2)s1)c1cc2cc(F)ccc2[nH]1. The summed E-state index contributed by atoms with van der Waals surface area (Å²) in [7, 11) is 0. The number of halogens is 2. The number of benzene rings is 2. The van der Waals surface area contributed by atoms with Crippen molar-refractivity contribution < 1.29 is 13.6 Å². The quantitative estimate of drug-likeness (QED) is 0.546. The van der Waals surface area contributed by atoms with Gasteiger partial charge in [0.2, 0.25) is 0 Å². The number of anilines is 1. The normalized spacial score (nSPS) is 11.0. The van der Waals surface area contributed by atoms with Gasteiger partial charge in [-0.1, -0.05) is 12.1 Å². The lowest BCUT2D eigenvalue weighted by Gasteiger charge is -1.99. The Morgan fingerprint density at radius 1 is 1.08 bits per heavy atom. The molecule has 7 heteroatoms. The molecule has 4 nitrogen and oxygen atoms in total. The van der Waals surface area contributed by atoms with Gasteiger partial charge in [-0.2, -0.15) is 0 Å². The van der Waals surface area contributed by atoms with Gasteiger partial charge in [0.15, 0.2) is 5.13 Å². The second kappa shape index (κ2) is 6.68. The monoisotopic (exact) mass is 369 g/mol. The Balaban J connectivity index is 1.47. The zero-order chi connectivity index (χ0) is 18.1. The van der Waals surface area contributed by atoms with E-state index in [1.165, 1.54) is 35.6 Å². The van der Waals surface area contributed by atoms with E-state index in [1.807, 2.05) is 0 Å². The number of rotatable bonds is 4. The summed E-state index contributed by atoms with van der Waals surface area (Å²) >= 11 is 1.35. The summed E-state index contributed by atoms with van der Waals surface area (Å²) in [6.07, 6.45) is 2.30. The molecule has 0 aliphatic rings. The maximum Gasteiger partial charge on any atom is 0.273 e. The van der Waals surface area contributed by atoms with Crippen LogP contribution in [0.1, 0.15) is 20.9 Å². The number of aromatic amines is 1. The molecule has 4 aromatic rings. The molecule has 0 unspecified atom stereocenters. The first-order chi connectivity index (χ1) is 12.6. The van der Waals surface area contributed by atoms with Crippen LogP contribution in [0.3, 0.4) is 0 Å². The van der Waals surface area contributed by atoms with Crippen LogP contribution in [0.2, 0.25) is 0 Å². The highest BCUT2D eigenvalue weighted by Crippen LogP contribution is 2.23. The number of hydrogen-bond donors (Lipinski definition) is 2. The Morgan fingerprint density at radius 2 is 1.85 bits per heavy atom. The summed E-state index contributed by atoms with van der Waals surface area (Å²) in [5.74, 6) is -0.970. The van der Waals surface area contributed by atoms with E-state index in [4.69, 9.17) is 0 Å². The van der Waals surface area contributed by atoms with Crippen LogP contribution in [0.5, 0.6) is 0 Å². The first-order valence-corrected chi connectivity index (χ1v) is 8.67. The summed E-state index contributed by atoms with van der Waals surface area (Å²) in [5.41, 5.74) is 1.99. The second-order valence-corrected chi connectivity index (χ2v) is 6.92. The molecule has 26 heavy (non-hydrogen) atoms.